The Morgan fingerprint density at radius 1 is 1.41 bits per heavy atom. The number of carbonyl (C=O) groups is 4. The van der Waals surface area contributed by atoms with Gasteiger partial charge in [-0.2, -0.15) is 5.01 Å². The van der Waals surface area contributed by atoms with Crippen LogP contribution in [-0.2, 0) is 24.0 Å². The number of nitrogens with zero attached hydrogens (tertiary/aromatic N) is 5. The molecular formula is C18H19N8NaO7S3. The summed E-state index contributed by atoms with van der Waals surface area (Å²) >= 11 is 3.52. The summed E-state index contributed by atoms with van der Waals surface area (Å²) in [6.07, 6.45) is 0. The summed E-state index contributed by atoms with van der Waals surface area (Å²) in [6, 6.07) is -1.11. The number of anilines is 1. The van der Waals surface area contributed by atoms with Crippen LogP contribution in [0.1, 0.15) is 5.69 Å². The van der Waals surface area contributed by atoms with Crippen molar-refractivity contribution in [2.24, 2.45) is 10.1 Å². The summed E-state index contributed by atoms with van der Waals surface area (Å²) < 4.78 is 0. The van der Waals surface area contributed by atoms with Crippen molar-refractivity contribution in [3.63, 3.8) is 0 Å². The number of amides is 3. The summed E-state index contributed by atoms with van der Waals surface area (Å²) in [5, 5.41) is 31.2. The van der Waals surface area contributed by atoms with Gasteiger partial charge < -0.3 is 26.1 Å². The van der Waals surface area contributed by atoms with E-state index in [2.05, 4.69) is 25.9 Å². The number of carbonyl (C=O) groups excluding carboxylic acids is 3. The number of hydrogen-bond donors (Lipinski definition) is 4. The number of aliphatic carboxylic acids is 1. The zero-order valence-electron chi connectivity index (χ0n) is 19.7. The minimum absolute atomic E-state index is 0. The van der Waals surface area contributed by atoms with E-state index in [1.165, 1.54) is 41.0 Å². The van der Waals surface area contributed by atoms with Gasteiger partial charge in [0.15, 0.2) is 11.2 Å². The summed E-state index contributed by atoms with van der Waals surface area (Å²) in [5.74, 6) is -3.99. The van der Waals surface area contributed by atoms with Gasteiger partial charge in [0.05, 0.1) is 0 Å². The largest absolute Gasteiger partial charge is 1.00 e. The van der Waals surface area contributed by atoms with Gasteiger partial charge in [-0.1, -0.05) is 5.16 Å². The molecule has 2 fully saturated rings. The van der Waals surface area contributed by atoms with Gasteiger partial charge in [-0.25, -0.2) is 9.78 Å². The second kappa shape index (κ2) is 12.0. The molecule has 4 heterocycles. The molecule has 0 aromatic carbocycles. The molecule has 3 aliphatic heterocycles. The fourth-order valence-corrected chi connectivity index (χ4v) is 6.58. The minimum atomic E-state index is -1.30. The summed E-state index contributed by atoms with van der Waals surface area (Å²) in [5.41, 5.74) is 7.53. The van der Waals surface area contributed by atoms with E-state index in [9.17, 15) is 29.4 Å². The Bertz CT molecular complexity index is 1220. The molecule has 19 heteroatoms. The van der Waals surface area contributed by atoms with Crippen molar-refractivity contribution in [3.8, 4) is 0 Å². The average Bonchev–Trinajstić information content (AvgIpc) is 3.27. The van der Waals surface area contributed by atoms with Crippen molar-refractivity contribution in [1.29, 1.82) is 0 Å². The number of nitrogen functional groups attached to an aromatic ring is 1. The molecule has 2 saturated heterocycles. The number of thioether (sulfide) groups is 2. The van der Waals surface area contributed by atoms with Gasteiger partial charge in [-0.15, -0.1) is 34.9 Å². The second-order valence-electron chi connectivity index (χ2n) is 7.43. The monoisotopic (exact) mass is 578 g/mol. The van der Waals surface area contributed by atoms with Gasteiger partial charge in [0.25, 0.3) is 5.91 Å². The van der Waals surface area contributed by atoms with Crippen LogP contribution in [0.2, 0.25) is 0 Å². The van der Waals surface area contributed by atoms with E-state index >= 15 is 0 Å². The maximum absolute atomic E-state index is 12.9. The Kier molecular flexibility index (Phi) is 9.48. The zero-order chi connectivity index (χ0) is 26.1. The molecule has 1 aromatic rings. The van der Waals surface area contributed by atoms with E-state index in [-0.39, 0.29) is 63.3 Å². The van der Waals surface area contributed by atoms with Gasteiger partial charge >= 0.3 is 47.3 Å². The van der Waals surface area contributed by atoms with Crippen LogP contribution in [0.4, 0.5) is 5.13 Å². The molecule has 3 aliphatic rings. The number of nitrogens with one attached hydrogen (secondary N) is 2. The average molecular weight is 579 g/mol. The van der Waals surface area contributed by atoms with Crippen LogP contribution in [0.5, 0.6) is 0 Å². The van der Waals surface area contributed by atoms with E-state index < -0.39 is 46.5 Å². The van der Waals surface area contributed by atoms with Gasteiger partial charge in [-0.05, 0) is 5.57 Å². The number of fused-ring (bicyclic) bond motifs is 1. The Hall–Kier alpha value is -2.35. The fraction of sp³-hybridized carbons (Fsp3) is 0.389. The maximum Gasteiger partial charge on any atom is 1.00 e. The molecule has 0 saturated carbocycles. The number of β-lactam (4-membered cyclic amide) rings is 1. The molecule has 15 nitrogen and oxygen atoms in total. The van der Waals surface area contributed by atoms with Crippen LogP contribution in [0.25, 0.3) is 0 Å². The van der Waals surface area contributed by atoms with Crippen LogP contribution in [0.15, 0.2) is 26.8 Å². The fourth-order valence-electron chi connectivity index (χ4n) is 3.51. The summed E-state index contributed by atoms with van der Waals surface area (Å²) in [4.78, 5) is 61.8. The third-order valence-electron chi connectivity index (χ3n) is 5.13. The zero-order valence-corrected chi connectivity index (χ0v) is 24.1. The standard InChI is InChI=1S/C18H20N8O7S3.Na/c1-25-18(22-12(28)13(29)23-25)36-4-6-3-34-15-9(14(30)26(15)10(6)16(31)32)21-11(27)8(24-33-2)7-5-35-17(19)20-7;/h5,9,15,18H,3-4H2,1-2H3,(H2,19,20)(H,21,27)(H,22,28)(H,23,29)(H,31,32);/q;+1/p-1/b24-8+;/t9-,15-,18?;/m1./s1. The number of aliphatic imine (C=N–C) groups is 1. The van der Waals surface area contributed by atoms with Gasteiger partial charge in [0.1, 0.15) is 35.1 Å². The predicted molar refractivity (Wildman–Crippen MR) is 129 cm³/mol. The first kappa shape index (κ1) is 29.2. The quantitative estimate of drug-likeness (QED) is 0.0568. The van der Waals surface area contributed by atoms with Crippen molar-refractivity contribution in [2.75, 3.05) is 31.4 Å². The molecule has 37 heavy (non-hydrogen) atoms. The molecule has 3 amide bonds. The first-order valence-corrected chi connectivity index (χ1v) is 13.0. The summed E-state index contributed by atoms with van der Waals surface area (Å²) in [7, 11) is 2.79. The Balaban J connectivity index is 0.00000380. The summed E-state index contributed by atoms with van der Waals surface area (Å²) in [6.45, 7) is 0. The van der Waals surface area contributed by atoms with Crippen LogP contribution < -0.4 is 51.1 Å². The first-order valence-electron chi connectivity index (χ1n) is 10.1. The van der Waals surface area contributed by atoms with Crippen LogP contribution in [0, 0.1) is 0 Å². The number of aromatic nitrogens is 1. The smallest absolute Gasteiger partial charge is 0.857 e. The van der Waals surface area contributed by atoms with Crippen LogP contribution in [0.3, 0.4) is 0 Å². The molecule has 1 unspecified atom stereocenters. The third kappa shape index (κ3) is 5.89. The molecular weight excluding hydrogens is 559 g/mol. The number of hydrazine groups is 1. The van der Waals surface area contributed by atoms with E-state index in [0.717, 1.165) is 16.2 Å². The Labute approximate surface area is 244 Å². The molecule has 3 atom stereocenters. The molecule has 0 aliphatic carbocycles. The van der Waals surface area contributed by atoms with Gasteiger partial charge in [-0.3, -0.25) is 29.7 Å². The van der Waals surface area contributed by atoms with Crippen molar-refractivity contribution in [3.05, 3.63) is 22.3 Å². The van der Waals surface area contributed by atoms with Gasteiger partial charge in [0, 0.05) is 29.8 Å². The normalized spacial score (nSPS) is 24.5. The first-order chi connectivity index (χ1) is 17.1. The Morgan fingerprint density at radius 2 is 2.14 bits per heavy atom. The maximum atomic E-state index is 12.9. The minimum Gasteiger partial charge on any atom is -0.857 e. The van der Waals surface area contributed by atoms with Crippen LogP contribution in [-0.4, -0.2) is 97.9 Å². The van der Waals surface area contributed by atoms with E-state index in [4.69, 9.17) is 10.6 Å². The van der Waals surface area contributed by atoms with E-state index in [1.54, 1.807) is 7.05 Å². The molecule has 0 radical (unpaired) electrons. The Morgan fingerprint density at radius 3 is 2.76 bits per heavy atom. The second-order valence-corrected chi connectivity index (χ2v) is 10.5. The number of oxime groups is 1. The predicted octanol–water partition coefficient (Wildman–Crippen LogP) is -5.43. The van der Waals surface area contributed by atoms with Crippen molar-refractivity contribution in [2.45, 2.75) is 16.9 Å². The number of carboxylic acids is 1. The molecule has 5 N–H and O–H groups in total. The SMILES string of the molecule is CO/N=C(/C([O-])=N[C@@H]1C(=O)N2C(C(=O)O)=C(CSC3NC(=O)C(=O)NN3C)CS[C@H]12)c1csc(N)n1.[Na+]. The molecule has 192 valence electrons. The molecule has 0 spiro atoms. The van der Waals surface area contributed by atoms with E-state index in [1.807, 2.05) is 0 Å². The number of thiazole rings is 1. The van der Waals surface area contributed by atoms with Gasteiger partial charge in [0.2, 0.25) is 0 Å². The molecule has 1 aromatic heterocycles. The van der Waals surface area contributed by atoms with E-state index in [0.29, 0.717) is 5.57 Å². The van der Waals surface area contributed by atoms with Crippen molar-refractivity contribution >= 4 is 75.3 Å². The number of nitrogens with two attached hydrogens (primary N) is 1. The third-order valence-corrected chi connectivity index (χ3v) is 8.40. The number of rotatable bonds is 8. The molecule has 0 bridgehead atoms. The number of carboxylic acid groups (broad SMARTS) is 1. The van der Waals surface area contributed by atoms with Crippen molar-refractivity contribution < 1.29 is 63.8 Å². The number of hydrogen-bond acceptors (Lipinski definition) is 14. The molecule has 4 rings (SSSR count). The van der Waals surface area contributed by atoms with Crippen molar-refractivity contribution in [1.82, 2.24) is 25.6 Å². The van der Waals surface area contributed by atoms with Crippen LogP contribution >= 0.6 is 34.9 Å². The topological polar surface area (TPSA) is 215 Å².